The van der Waals surface area contributed by atoms with Crippen LogP contribution in [0.15, 0.2) is 35.6 Å². The molecule has 2 aliphatic rings. The van der Waals surface area contributed by atoms with Gasteiger partial charge in [0.15, 0.2) is 0 Å². The number of nitrogens with one attached hydrogen (secondary N) is 2. The van der Waals surface area contributed by atoms with Crippen molar-refractivity contribution in [1.82, 2.24) is 14.9 Å². The summed E-state index contributed by atoms with van der Waals surface area (Å²) in [5, 5.41) is 10.7. The Labute approximate surface area is 180 Å². The molecule has 0 saturated carbocycles. The van der Waals surface area contributed by atoms with Crippen molar-refractivity contribution in [2.75, 3.05) is 30.0 Å². The number of halogens is 4. The van der Waals surface area contributed by atoms with E-state index in [9.17, 15) is 22.4 Å². The predicted octanol–water partition coefficient (Wildman–Crippen LogP) is 3.03. The number of nitrogens with zero attached hydrogens (tertiary/aromatic N) is 5. The van der Waals surface area contributed by atoms with Crippen molar-refractivity contribution in [3.8, 4) is 0 Å². The van der Waals surface area contributed by atoms with Crippen LogP contribution < -0.4 is 10.3 Å². The Balaban J connectivity index is 1.53. The Morgan fingerprint density at radius 3 is 2.84 bits per heavy atom. The maximum absolute atomic E-state index is 14.5. The average Bonchev–Trinajstić information content (AvgIpc) is 2.74. The fraction of sp³-hybridized carbons (Fsp3) is 0.350. The van der Waals surface area contributed by atoms with Gasteiger partial charge in [0.05, 0.1) is 17.9 Å². The molecule has 0 bridgehead atoms. The van der Waals surface area contributed by atoms with Gasteiger partial charge >= 0.3 is 6.18 Å². The van der Waals surface area contributed by atoms with E-state index in [-0.39, 0.29) is 35.7 Å². The first-order valence-corrected chi connectivity index (χ1v) is 9.82. The molecule has 1 aromatic carbocycles. The number of aromatic nitrogens is 2. The maximum Gasteiger partial charge on any atom is 0.433 e. The van der Waals surface area contributed by atoms with Crippen LogP contribution in [0.25, 0.3) is 0 Å². The van der Waals surface area contributed by atoms with Crippen molar-refractivity contribution < 1.29 is 22.4 Å². The average molecular weight is 449 g/mol. The van der Waals surface area contributed by atoms with Gasteiger partial charge in [-0.25, -0.2) is 14.4 Å². The summed E-state index contributed by atoms with van der Waals surface area (Å²) in [7, 11) is 0. The second-order valence-electron chi connectivity index (χ2n) is 7.48. The Bertz CT molecular complexity index is 1060. The molecule has 32 heavy (non-hydrogen) atoms. The summed E-state index contributed by atoms with van der Waals surface area (Å²) in [6.45, 7) is 1.11. The van der Waals surface area contributed by atoms with Crippen LogP contribution >= 0.6 is 0 Å². The van der Waals surface area contributed by atoms with Crippen molar-refractivity contribution in [3.63, 3.8) is 0 Å². The predicted molar refractivity (Wildman–Crippen MR) is 109 cm³/mol. The smallest absolute Gasteiger partial charge is 0.336 e. The molecule has 2 atom stereocenters. The fourth-order valence-electron chi connectivity index (χ4n) is 3.99. The number of hydrogen-bond donors (Lipinski definition) is 2. The Kier molecular flexibility index (Phi) is 5.76. The number of likely N-dealkylation sites (tertiary alicyclic amines) is 1. The molecular weight excluding hydrogens is 430 g/mol. The van der Waals surface area contributed by atoms with Crippen LogP contribution in [0.2, 0.25) is 0 Å². The minimum atomic E-state index is -4.58. The highest BCUT2D eigenvalue weighted by molar-refractivity contribution is 6.14. The number of fused-ring (bicyclic) bond motifs is 1. The summed E-state index contributed by atoms with van der Waals surface area (Å²) < 4.78 is 53.5. The highest BCUT2D eigenvalue weighted by Crippen LogP contribution is 2.37. The number of hydrogen-bond acceptors (Lipinski definition) is 7. The quantitative estimate of drug-likeness (QED) is 0.416. The second kappa shape index (κ2) is 8.52. The molecule has 168 valence electrons. The molecule has 12 heteroatoms. The van der Waals surface area contributed by atoms with E-state index in [1.807, 2.05) is 0 Å². The molecule has 2 aliphatic heterocycles. The van der Waals surface area contributed by atoms with Gasteiger partial charge < -0.3 is 15.2 Å². The fourth-order valence-corrected chi connectivity index (χ4v) is 3.99. The zero-order chi connectivity index (χ0) is 22.9. The minimum absolute atomic E-state index is 0.0374. The van der Waals surface area contributed by atoms with Crippen LogP contribution in [-0.4, -0.2) is 58.9 Å². The number of carbonyl (C=O) groups is 1. The first kappa shape index (κ1) is 21.7. The second-order valence-corrected chi connectivity index (χ2v) is 7.48. The lowest BCUT2D eigenvalue weighted by Crippen LogP contribution is -2.65. The van der Waals surface area contributed by atoms with Crippen LogP contribution in [0.3, 0.4) is 0 Å². The number of alkyl halides is 3. The van der Waals surface area contributed by atoms with Crippen LogP contribution in [0.4, 0.5) is 29.2 Å². The number of amides is 1. The molecule has 1 amide bonds. The van der Waals surface area contributed by atoms with Crippen molar-refractivity contribution in [1.29, 1.82) is 5.41 Å². The number of anilines is 2. The van der Waals surface area contributed by atoms with E-state index in [4.69, 9.17) is 5.41 Å². The summed E-state index contributed by atoms with van der Waals surface area (Å²) in [4.78, 5) is 23.9. The molecule has 2 saturated heterocycles. The Morgan fingerprint density at radius 2 is 2.09 bits per heavy atom. The monoisotopic (exact) mass is 449 g/mol. The van der Waals surface area contributed by atoms with Gasteiger partial charge in [-0.3, -0.25) is 10.2 Å². The highest BCUT2D eigenvalue weighted by atomic mass is 19.4. The topological polar surface area (TPSA) is 97.6 Å². The van der Waals surface area contributed by atoms with Gasteiger partial charge in [-0.1, -0.05) is 6.07 Å². The van der Waals surface area contributed by atoms with E-state index >= 15 is 0 Å². The Hall–Kier alpha value is -3.57. The first-order valence-electron chi connectivity index (χ1n) is 9.82. The molecule has 8 nitrogen and oxygen atoms in total. The number of piperidine rings is 1. The summed E-state index contributed by atoms with van der Waals surface area (Å²) in [5.74, 6) is -1.12. The van der Waals surface area contributed by atoms with Crippen LogP contribution in [0.1, 0.15) is 22.5 Å². The third-order valence-corrected chi connectivity index (χ3v) is 5.59. The minimum Gasteiger partial charge on any atom is -0.336 e. The van der Waals surface area contributed by atoms with Crippen molar-refractivity contribution in [3.05, 3.63) is 47.5 Å². The van der Waals surface area contributed by atoms with Gasteiger partial charge in [-0.15, -0.1) is 0 Å². The van der Waals surface area contributed by atoms with E-state index in [1.54, 1.807) is 4.90 Å². The lowest BCUT2D eigenvalue weighted by Gasteiger charge is -2.53. The number of hydrazone groups is 1. The molecule has 4 rings (SSSR count). The van der Waals surface area contributed by atoms with Crippen LogP contribution in [0.5, 0.6) is 0 Å². The summed E-state index contributed by atoms with van der Waals surface area (Å²) in [5.41, 5.74) is 1.50. The molecule has 2 N–H and O–H groups in total. The third-order valence-electron chi connectivity index (χ3n) is 5.59. The molecule has 2 aromatic rings. The standard InChI is InChI=1S/C20H19F4N7O/c21-13-2-1-3-14(29-27-8-6-25)17(13)18(32)30-9-5-12-10-31(15(12)11-30)19-26-7-4-16(28-19)20(22,23)24/h1-4,6-8,12,15,25,29H,5,9-11H2/b25-6?,27-8-/t12-,15-/m0/s1. The summed E-state index contributed by atoms with van der Waals surface area (Å²) in [6.07, 6.45) is -0.804. The van der Waals surface area contributed by atoms with E-state index in [2.05, 4.69) is 20.5 Å². The highest BCUT2D eigenvalue weighted by Gasteiger charge is 2.46. The van der Waals surface area contributed by atoms with Crippen molar-refractivity contribution in [2.45, 2.75) is 18.6 Å². The number of rotatable bonds is 5. The van der Waals surface area contributed by atoms with Gasteiger partial charge in [-0.2, -0.15) is 18.3 Å². The molecule has 3 heterocycles. The van der Waals surface area contributed by atoms with E-state index in [0.29, 0.717) is 19.5 Å². The SMILES string of the molecule is N=C/C=N\Nc1cccc(F)c1C(=O)N1CC[C@H]2CN(c3nccc(C(F)(F)F)n3)[C@H]2C1. The van der Waals surface area contributed by atoms with Crippen LogP contribution in [-0.2, 0) is 6.18 Å². The summed E-state index contributed by atoms with van der Waals surface area (Å²) in [6, 6.07) is 4.65. The van der Waals surface area contributed by atoms with Gasteiger partial charge in [-0.05, 0) is 24.6 Å². The molecule has 2 fully saturated rings. The lowest BCUT2D eigenvalue weighted by molar-refractivity contribution is -0.141. The molecule has 0 spiro atoms. The number of benzene rings is 1. The van der Waals surface area contributed by atoms with Gasteiger partial charge in [0.1, 0.15) is 17.1 Å². The molecule has 0 radical (unpaired) electrons. The zero-order valence-corrected chi connectivity index (χ0v) is 16.7. The zero-order valence-electron chi connectivity index (χ0n) is 16.7. The molecule has 0 aliphatic carbocycles. The van der Waals surface area contributed by atoms with E-state index in [0.717, 1.165) is 30.8 Å². The molecular formula is C20H19F4N7O. The van der Waals surface area contributed by atoms with Crippen LogP contribution in [0, 0.1) is 17.1 Å². The normalized spacial score (nSPS) is 20.6. The van der Waals surface area contributed by atoms with Crippen molar-refractivity contribution in [2.24, 2.45) is 11.0 Å². The van der Waals surface area contributed by atoms with Gasteiger partial charge in [0, 0.05) is 38.0 Å². The summed E-state index contributed by atoms with van der Waals surface area (Å²) >= 11 is 0. The third kappa shape index (κ3) is 4.12. The van der Waals surface area contributed by atoms with Gasteiger partial charge in [0.25, 0.3) is 5.91 Å². The molecule has 0 unspecified atom stereocenters. The molecule has 1 aromatic heterocycles. The van der Waals surface area contributed by atoms with Gasteiger partial charge in [0.2, 0.25) is 5.95 Å². The van der Waals surface area contributed by atoms with E-state index < -0.39 is 23.6 Å². The lowest BCUT2D eigenvalue weighted by atomic mass is 9.82. The Morgan fingerprint density at radius 1 is 1.28 bits per heavy atom. The first-order chi connectivity index (χ1) is 15.3. The van der Waals surface area contributed by atoms with Crippen molar-refractivity contribution >= 4 is 30.0 Å². The number of carbonyl (C=O) groups excluding carboxylic acids is 1. The van der Waals surface area contributed by atoms with E-state index in [1.165, 1.54) is 17.0 Å². The maximum atomic E-state index is 14.5. The largest absolute Gasteiger partial charge is 0.433 e.